The largest absolute Gasteiger partial charge is 0.355 e. The molecule has 0 amide bonds. The molecule has 10 rings (SSSR count). The molecule has 1 spiro atoms. The predicted molar refractivity (Wildman–Crippen MR) is 175 cm³/mol. The molecule has 42 heavy (non-hydrogen) atoms. The van der Waals surface area contributed by atoms with Gasteiger partial charge in [-0.3, -0.25) is 0 Å². The molecule has 0 saturated heterocycles. The zero-order chi connectivity index (χ0) is 27.8. The van der Waals surface area contributed by atoms with Crippen LogP contribution in [-0.2, 0) is 5.41 Å². The molecule has 4 fully saturated rings. The van der Waals surface area contributed by atoms with Gasteiger partial charge in [0.25, 0.3) is 0 Å². The summed E-state index contributed by atoms with van der Waals surface area (Å²) in [6.45, 7) is 2.58. The minimum absolute atomic E-state index is 0.120. The third kappa shape index (κ3) is 3.37. The summed E-state index contributed by atoms with van der Waals surface area (Å²) in [5.41, 5.74) is 13.7. The van der Waals surface area contributed by atoms with Gasteiger partial charge in [0, 0.05) is 22.4 Å². The van der Waals surface area contributed by atoms with Crippen LogP contribution in [0.2, 0.25) is 0 Å². The number of para-hydroxylation sites is 1. The Hall–Kier alpha value is -4.10. The van der Waals surface area contributed by atoms with Crippen LogP contribution in [0.1, 0.15) is 43.7 Å². The molecule has 5 aliphatic carbocycles. The fourth-order valence-corrected chi connectivity index (χ4v) is 10.1. The first-order valence-electron chi connectivity index (χ1n) is 16.0. The summed E-state index contributed by atoms with van der Waals surface area (Å²) in [7, 11) is 0. The van der Waals surface area contributed by atoms with Crippen LogP contribution in [0.25, 0.3) is 33.4 Å². The normalized spacial score (nSPS) is 28.1. The van der Waals surface area contributed by atoms with E-state index in [1.807, 2.05) is 0 Å². The van der Waals surface area contributed by atoms with Crippen LogP contribution in [0, 0.1) is 29.6 Å². The van der Waals surface area contributed by atoms with Crippen molar-refractivity contribution in [3.05, 3.63) is 132 Å². The average molecular weight is 544 g/mol. The second-order valence-corrected chi connectivity index (χ2v) is 13.5. The zero-order valence-electron chi connectivity index (χ0n) is 24.3. The first-order chi connectivity index (χ1) is 20.7. The molecule has 1 heteroatoms. The van der Waals surface area contributed by atoms with Crippen molar-refractivity contribution in [3.8, 4) is 33.4 Å². The van der Waals surface area contributed by atoms with Gasteiger partial charge in [-0.05, 0) is 106 Å². The number of rotatable bonds is 4. The van der Waals surface area contributed by atoms with Crippen LogP contribution in [0.4, 0.5) is 11.4 Å². The lowest BCUT2D eigenvalue weighted by Gasteiger charge is -2.64. The van der Waals surface area contributed by atoms with E-state index in [2.05, 4.69) is 134 Å². The third-order valence-electron chi connectivity index (χ3n) is 11.7. The van der Waals surface area contributed by atoms with Gasteiger partial charge in [0.1, 0.15) is 0 Å². The Kier molecular flexibility index (Phi) is 5.37. The Morgan fingerprint density at radius 2 is 1.21 bits per heavy atom. The van der Waals surface area contributed by atoms with Gasteiger partial charge in [-0.25, -0.2) is 0 Å². The van der Waals surface area contributed by atoms with Gasteiger partial charge in [-0.1, -0.05) is 116 Å². The lowest BCUT2D eigenvalue weighted by atomic mass is 9.40. The maximum atomic E-state index is 4.05. The number of nitrogens with one attached hydrogen (secondary N) is 1. The van der Waals surface area contributed by atoms with E-state index < -0.39 is 0 Å². The van der Waals surface area contributed by atoms with E-state index in [0.717, 1.165) is 29.6 Å². The molecule has 4 bridgehead atoms. The van der Waals surface area contributed by atoms with E-state index in [1.165, 1.54) is 70.4 Å². The first kappa shape index (κ1) is 24.5. The highest BCUT2D eigenvalue weighted by Crippen LogP contribution is 2.71. The lowest BCUT2D eigenvalue weighted by Crippen LogP contribution is -2.59. The van der Waals surface area contributed by atoms with Crippen LogP contribution in [0.15, 0.2) is 121 Å². The van der Waals surface area contributed by atoms with Crippen molar-refractivity contribution in [2.45, 2.75) is 38.0 Å². The summed E-state index contributed by atoms with van der Waals surface area (Å²) in [4.78, 5) is 0. The van der Waals surface area contributed by atoms with E-state index in [4.69, 9.17) is 0 Å². The average Bonchev–Trinajstić information content (AvgIpc) is 3.34. The van der Waals surface area contributed by atoms with Crippen LogP contribution in [0.3, 0.4) is 0 Å². The molecule has 4 saturated carbocycles. The monoisotopic (exact) mass is 543 g/mol. The van der Waals surface area contributed by atoms with Gasteiger partial charge in [-0.2, -0.15) is 0 Å². The number of benzene rings is 5. The highest BCUT2D eigenvalue weighted by Gasteiger charge is 2.64. The number of fused-ring (bicyclic) bond motifs is 3. The van der Waals surface area contributed by atoms with Crippen molar-refractivity contribution in [2.75, 3.05) is 5.32 Å². The van der Waals surface area contributed by atoms with Crippen LogP contribution >= 0.6 is 0 Å². The van der Waals surface area contributed by atoms with Crippen molar-refractivity contribution in [1.82, 2.24) is 0 Å². The van der Waals surface area contributed by atoms with Gasteiger partial charge < -0.3 is 5.32 Å². The molecule has 1 nitrogen and oxygen atoms in total. The number of anilines is 2. The standard InChI is InChI=1S/C41H37N/c1-26-31-22-27-23-32(25-31)41(37(26)24-27)36-15-7-5-13-34(36)35-14-9-17-39(40(35)41)42-38-16-8-6-12-33(38)30-20-18-29(19-21-30)28-10-3-2-4-11-28/h2-21,26-27,31-32,37,42H,22-25H2,1H3. The summed E-state index contributed by atoms with van der Waals surface area (Å²) in [6, 6.07) is 45.0. The van der Waals surface area contributed by atoms with Gasteiger partial charge in [-0.15, -0.1) is 0 Å². The van der Waals surface area contributed by atoms with Crippen LogP contribution < -0.4 is 5.32 Å². The molecule has 5 aromatic carbocycles. The SMILES string of the molecule is CC1C2CC3CC(C2)C2(c4ccccc4-c4cccc(Nc5ccccc5-c5ccc(-c6ccccc6)cc5)c42)C1C3. The summed E-state index contributed by atoms with van der Waals surface area (Å²) in [6.07, 6.45) is 5.64. The van der Waals surface area contributed by atoms with Crippen LogP contribution in [0.5, 0.6) is 0 Å². The highest BCUT2D eigenvalue weighted by atomic mass is 14.9. The maximum absolute atomic E-state index is 4.05. The zero-order valence-corrected chi connectivity index (χ0v) is 24.3. The fourth-order valence-electron chi connectivity index (χ4n) is 10.1. The highest BCUT2D eigenvalue weighted by molar-refractivity contribution is 5.90. The summed E-state index contributed by atoms with van der Waals surface area (Å²) < 4.78 is 0. The van der Waals surface area contributed by atoms with Gasteiger partial charge in [0.15, 0.2) is 0 Å². The molecule has 0 aromatic heterocycles. The van der Waals surface area contributed by atoms with E-state index in [1.54, 1.807) is 11.1 Å². The quantitative estimate of drug-likeness (QED) is 0.238. The minimum atomic E-state index is 0.120. The van der Waals surface area contributed by atoms with Crippen molar-refractivity contribution in [1.29, 1.82) is 0 Å². The van der Waals surface area contributed by atoms with Crippen molar-refractivity contribution in [3.63, 3.8) is 0 Å². The van der Waals surface area contributed by atoms with E-state index in [9.17, 15) is 0 Å². The summed E-state index contributed by atoms with van der Waals surface area (Å²) in [5.74, 6) is 4.08. The third-order valence-corrected chi connectivity index (χ3v) is 11.7. The number of hydrogen-bond acceptors (Lipinski definition) is 1. The van der Waals surface area contributed by atoms with Gasteiger partial charge in [0.2, 0.25) is 0 Å². The predicted octanol–water partition coefficient (Wildman–Crippen LogP) is 10.7. The molecule has 5 aromatic rings. The van der Waals surface area contributed by atoms with Crippen LogP contribution in [-0.4, -0.2) is 0 Å². The molecule has 0 radical (unpaired) electrons. The Bertz CT molecular complexity index is 1800. The molecule has 5 aliphatic rings. The Labute approximate surface area is 249 Å². The molecule has 6 unspecified atom stereocenters. The van der Waals surface area contributed by atoms with Crippen molar-refractivity contribution in [2.24, 2.45) is 29.6 Å². The minimum Gasteiger partial charge on any atom is -0.355 e. The molecular weight excluding hydrogens is 506 g/mol. The second kappa shape index (κ2) is 9.20. The fraction of sp³-hybridized carbons (Fsp3) is 0.268. The molecular formula is C41H37N. The summed E-state index contributed by atoms with van der Waals surface area (Å²) >= 11 is 0. The second-order valence-electron chi connectivity index (χ2n) is 13.5. The van der Waals surface area contributed by atoms with Gasteiger partial charge in [0.05, 0.1) is 0 Å². The maximum Gasteiger partial charge on any atom is 0.0463 e. The molecule has 1 N–H and O–H groups in total. The van der Waals surface area contributed by atoms with Gasteiger partial charge >= 0.3 is 0 Å². The topological polar surface area (TPSA) is 12.0 Å². The lowest BCUT2D eigenvalue weighted by molar-refractivity contribution is -0.0814. The van der Waals surface area contributed by atoms with Crippen molar-refractivity contribution < 1.29 is 0 Å². The first-order valence-corrected chi connectivity index (χ1v) is 16.0. The molecule has 0 aliphatic heterocycles. The van der Waals surface area contributed by atoms with Crippen molar-refractivity contribution >= 4 is 11.4 Å². The van der Waals surface area contributed by atoms with E-state index in [-0.39, 0.29) is 5.41 Å². The Balaban J connectivity index is 1.17. The molecule has 6 atom stereocenters. The van der Waals surface area contributed by atoms with E-state index in [0.29, 0.717) is 0 Å². The molecule has 206 valence electrons. The Morgan fingerprint density at radius 1 is 0.548 bits per heavy atom. The molecule has 0 heterocycles. The Morgan fingerprint density at radius 3 is 2.07 bits per heavy atom. The smallest absolute Gasteiger partial charge is 0.0463 e. The number of hydrogen-bond donors (Lipinski definition) is 1. The summed E-state index contributed by atoms with van der Waals surface area (Å²) in [5, 5.41) is 4.05. The van der Waals surface area contributed by atoms with E-state index >= 15 is 0 Å².